The summed E-state index contributed by atoms with van der Waals surface area (Å²) in [6.07, 6.45) is 3.09. The van der Waals surface area contributed by atoms with Crippen LogP contribution in [0.4, 0.5) is 0 Å². The van der Waals surface area contributed by atoms with E-state index in [2.05, 4.69) is 19.2 Å². The van der Waals surface area contributed by atoms with Crippen LogP contribution in [0.3, 0.4) is 0 Å². The second-order valence-electron chi connectivity index (χ2n) is 7.03. The summed E-state index contributed by atoms with van der Waals surface area (Å²) in [4.78, 5) is 23.5. The number of carbonyl (C=O) groups excluding carboxylic acids is 1. The zero-order valence-corrected chi connectivity index (χ0v) is 14.5. The molecule has 0 aliphatic heterocycles. The summed E-state index contributed by atoms with van der Waals surface area (Å²) in [5.74, 6) is 0.275. The number of ether oxygens (including phenoxy) is 1. The summed E-state index contributed by atoms with van der Waals surface area (Å²) < 4.78 is 5.81. The van der Waals surface area contributed by atoms with E-state index in [4.69, 9.17) is 4.74 Å². The van der Waals surface area contributed by atoms with Gasteiger partial charge in [0.2, 0.25) is 5.91 Å². The molecular weight excluding hydrogens is 306 g/mol. The fourth-order valence-electron chi connectivity index (χ4n) is 2.83. The molecule has 0 spiro atoms. The maximum Gasteiger partial charge on any atom is 0.310 e. The molecule has 1 amide bonds. The largest absolute Gasteiger partial charge is 0.493 e. The molecule has 132 valence electrons. The number of rotatable bonds is 9. The van der Waals surface area contributed by atoms with Crippen molar-refractivity contribution in [3.05, 3.63) is 29.8 Å². The van der Waals surface area contributed by atoms with Gasteiger partial charge in [-0.25, -0.2) is 0 Å². The standard InChI is InChI=1S/C19H27NO4/c1-14(2)8-11-24-16-7-4-3-6-15(16)13-20-17(21)12-19(18(22)23)9-5-10-19/h3-4,6-7,14H,5,8-13H2,1-2H3,(H,20,21)(H,22,23). The molecule has 0 heterocycles. The zero-order chi connectivity index (χ0) is 17.6. The summed E-state index contributed by atoms with van der Waals surface area (Å²) in [5.41, 5.74) is 0.0600. The SMILES string of the molecule is CC(C)CCOc1ccccc1CNC(=O)CC1(C(=O)O)CCC1. The quantitative estimate of drug-likeness (QED) is 0.726. The molecule has 1 aliphatic rings. The fraction of sp³-hybridized carbons (Fsp3) is 0.579. The molecule has 1 aromatic rings. The lowest BCUT2D eigenvalue weighted by molar-refractivity contribution is -0.157. The summed E-state index contributed by atoms with van der Waals surface area (Å²) in [7, 11) is 0. The number of hydrogen-bond donors (Lipinski definition) is 2. The summed E-state index contributed by atoms with van der Waals surface area (Å²) >= 11 is 0. The third kappa shape index (κ3) is 4.73. The first-order valence-electron chi connectivity index (χ1n) is 8.64. The van der Waals surface area contributed by atoms with Gasteiger partial charge in [0.15, 0.2) is 0 Å². The van der Waals surface area contributed by atoms with Crippen LogP contribution in [0.15, 0.2) is 24.3 Å². The van der Waals surface area contributed by atoms with Gasteiger partial charge in [-0.05, 0) is 31.2 Å². The summed E-state index contributed by atoms with van der Waals surface area (Å²) in [6, 6.07) is 7.62. The van der Waals surface area contributed by atoms with Gasteiger partial charge in [0.05, 0.1) is 12.0 Å². The second-order valence-corrected chi connectivity index (χ2v) is 7.03. The van der Waals surface area contributed by atoms with Crippen LogP contribution in [0.5, 0.6) is 5.75 Å². The zero-order valence-electron chi connectivity index (χ0n) is 14.5. The van der Waals surface area contributed by atoms with E-state index >= 15 is 0 Å². The van der Waals surface area contributed by atoms with Crippen LogP contribution in [-0.2, 0) is 16.1 Å². The van der Waals surface area contributed by atoms with Crippen LogP contribution in [0, 0.1) is 11.3 Å². The van der Waals surface area contributed by atoms with E-state index < -0.39 is 11.4 Å². The van der Waals surface area contributed by atoms with E-state index in [0.29, 0.717) is 31.9 Å². The first-order chi connectivity index (χ1) is 11.4. The number of para-hydroxylation sites is 1. The van der Waals surface area contributed by atoms with Crippen molar-refractivity contribution in [2.24, 2.45) is 11.3 Å². The molecule has 0 bridgehead atoms. The molecule has 0 aromatic heterocycles. The maximum absolute atomic E-state index is 12.1. The van der Waals surface area contributed by atoms with E-state index in [0.717, 1.165) is 24.2 Å². The molecule has 0 saturated heterocycles. The minimum atomic E-state index is -0.860. The van der Waals surface area contributed by atoms with E-state index in [9.17, 15) is 14.7 Å². The van der Waals surface area contributed by atoms with E-state index in [1.807, 2.05) is 24.3 Å². The molecule has 5 heteroatoms. The van der Waals surface area contributed by atoms with Gasteiger partial charge in [-0.3, -0.25) is 9.59 Å². The Labute approximate surface area is 143 Å². The van der Waals surface area contributed by atoms with Crippen molar-refractivity contribution in [3.63, 3.8) is 0 Å². The van der Waals surface area contributed by atoms with Gasteiger partial charge >= 0.3 is 5.97 Å². The average Bonchev–Trinajstić information content (AvgIpc) is 2.49. The second kappa shape index (κ2) is 8.18. The Morgan fingerprint density at radius 1 is 1.29 bits per heavy atom. The molecule has 0 unspecified atom stereocenters. The first-order valence-corrected chi connectivity index (χ1v) is 8.64. The van der Waals surface area contributed by atoms with Gasteiger partial charge in [-0.1, -0.05) is 38.5 Å². The molecule has 24 heavy (non-hydrogen) atoms. The number of aliphatic carboxylic acids is 1. The molecule has 1 aromatic carbocycles. The predicted octanol–water partition coefficient (Wildman–Crippen LogP) is 3.37. The molecule has 1 aliphatic carbocycles. The molecule has 0 atom stereocenters. The maximum atomic E-state index is 12.1. The smallest absolute Gasteiger partial charge is 0.310 e. The Hall–Kier alpha value is -2.04. The van der Waals surface area contributed by atoms with Crippen LogP contribution >= 0.6 is 0 Å². The van der Waals surface area contributed by atoms with Gasteiger partial charge in [0, 0.05) is 18.5 Å². The molecule has 1 saturated carbocycles. The normalized spacial score (nSPS) is 15.6. The lowest BCUT2D eigenvalue weighted by Crippen LogP contribution is -2.42. The van der Waals surface area contributed by atoms with Gasteiger partial charge < -0.3 is 15.2 Å². The molecule has 5 nitrogen and oxygen atoms in total. The Balaban J connectivity index is 1.87. The highest BCUT2D eigenvalue weighted by Crippen LogP contribution is 2.44. The van der Waals surface area contributed by atoms with Crippen molar-refractivity contribution in [3.8, 4) is 5.75 Å². The van der Waals surface area contributed by atoms with Crippen molar-refractivity contribution < 1.29 is 19.4 Å². The van der Waals surface area contributed by atoms with Gasteiger partial charge in [0.1, 0.15) is 5.75 Å². The monoisotopic (exact) mass is 333 g/mol. The third-order valence-corrected chi connectivity index (χ3v) is 4.66. The number of carboxylic acid groups (broad SMARTS) is 1. The fourth-order valence-corrected chi connectivity index (χ4v) is 2.83. The summed E-state index contributed by atoms with van der Waals surface area (Å²) in [6.45, 7) is 5.29. The van der Waals surface area contributed by atoms with Crippen LogP contribution in [0.1, 0.15) is 51.5 Å². The van der Waals surface area contributed by atoms with E-state index in [1.165, 1.54) is 0 Å². The molecule has 0 radical (unpaired) electrons. The minimum Gasteiger partial charge on any atom is -0.493 e. The predicted molar refractivity (Wildman–Crippen MR) is 91.8 cm³/mol. The van der Waals surface area contributed by atoms with Crippen molar-refractivity contribution in [1.29, 1.82) is 0 Å². The Morgan fingerprint density at radius 3 is 2.58 bits per heavy atom. The van der Waals surface area contributed by atoms with Crippen LogP contribution in [0.25, 0.3) is 0 Å². The van der Waals surface area contributed by atoms with Gasteiger partial charge in [-0.15, -0.1) is 0 Å². The van der Waals surface area contributed by atoms with Crippen LogP contribution in [0.2, 0.25) is 0 Å². The number of carbonyl (C=O) groups is 2. The number of benzene rings is 1. The lowest BCUT2D eigenvalue weighted by Gasteiger charge is -2.36. The minimum absolute atomic E-state index is 0.0543. The van der Waals surface area contributed by atoms with Gasteiger partial charge in [-0.2, -0.15) is 0 Å². The number of amides is 1. The van der Waals surface area contributed by atoms with Crippen LogP contribution in [-0.4, -0.2) is 23.6 Å². The summed E-state index contributed by atoms with van der Waals surface area (Å²) in [5, 5.41) is 12.1. The Bertz CT molecular complexity index is 578. The molecular formula is C19H27NO4. The number of nitrogens with one attached hydrogen (secondary N) is 1. The highest BCUT2D eigenvalue weighted by atomic mass is 16.5. The van der Waals surface area contributed by atoms with Crippen molar-refractivity contribution in [1.82, 2.24) is 5.32 Å². The number of carboxylic acids is 1. The molecule has 2 N–H and O–H groups in total. The van der Waals surface area contributed by atoms with Crippen molar-refractivity contribution in [2.75, 3.05) is 6.61 Å². The van der Waals surface area contributed by atoms with Crippen molar-refractivity contribution in [2.45, 2.75) is 52.5 Å². The highest BCUT2D eigenvalue weighted by Gasteiger charge is 2.45. The topological polar surface area (TPSA) is 75.6 Å². The molecule has 2 rings (SSSR count). The lowest BCUT2D eigenvalue weighted by atomic mass is 9.66. The van der Waals surface area contributed by atoms with Crippen LogP contribution < -0.4 is 10.1 Å². The number of hydrogen-bond acceptors (Lipinski definition) is 3. The molecule has 1 fully saturated rings. The van der Waals surface area contributed by atoms with Gasteiger partial charge in [0.25, 0.3) is 0 Å². The Morgan fingerprint density at radius 2 is 2.00 bits per heavy atom. The van der Waals surface area contributed by atoms with E-state index in [1.54, 1.807) is 0 Å². The first kappa shape index (κ1) is 18.3. The third-order valence-electron chi connectivity index (χ3n) is 4.66. The average molecular weight is 333 g/mol. The Kier molecular flexibility index (Phi) is 6.23. The van der Waals surface area contributed by atoms with E-state index in [-0.39, 0.29) is 12.3 Å². The highest BCUT2D eigenvalue weighted by molar-refractivity contribution is 5.85. The van der Waals surface area contributed by atoms with Crippen molar-refractivity contribution >= 4 is 11.9 Å².